The molecule has 4 nitrogen and oxygen atoms in total. The van der Waals surface area contributed by atoms with Gasteiger partial charge >= 0.3 is 6.18 Å². The van der Waals surface area contributed by atoms with E-state index in [0.29, 0.717) is 17.6 Å². The van der Waals surface area contributed by atoms with Gasteiger partial charge in [0.15, 0.2) is 18.3 Å². The number of piperidine rings is 1. The standard InChI is InChI=1S/C24H28F3NO3/c1-29-16-30-22-12-20(24(25,26)27)10-11-21(22)31-23-18-8-5-9-19(23)15-28(14-18)13-17-6-3-2-4-7-17/h2-4,6-7,10-12,18-19,23H,5,8-9,13-16H2,1H3/t18-,19+,23-. The van der Waals surface area contributed by atoms with Crippen molar-refractivity contribution in [2.24, 2.45) is 11.8 Å². The Morgan fingerprint density at radius 2 is 1.68 bits per heavy atom. The lowest BCUT2D eigenvalue weighted by Gasteiger charge is -2.47. The second-order valence-corrected chi connectivity index (χ2v) is 8.42. The van der Waals surface area contributed by atoms with Gasteiger partial charge in [0.1, 0.15) is 6.10 Å². The molecule has 2 aliphatic rings. The third-order valence-corrected chi connectivity index (χ3v) is 6.18. The number of rotatable bonds is 7. The van der Waals surface area contributed by atoms with Crippen LogP contribution in [0, 0.1) is 11.8 Å². The van der Waals surface area contributed by atoms with Crippen molar-refractivity contribution in [3.8, 4) is 11.5 Å². The molecular formula is C24H28F3NO3. The lowest BCUT2D eigenvalue weighted by Crippen LogP contribution is -2.53. The van der Waals surface area contributed by atoms with Crippen LogP contribution >= 0.6 is 0 Å². The smallest absolute Gasteiger partial charge is 0.416 e. The van der Waals surface area contributed by atoms with Crippen molar-refractivity contribution < 1.29 is 27.4 Å². The molecule has 0 N–H and O–H groups in total. The lowest BCUT2D eigenvalue weighted by molar-refractivity contribution is -0.137. The predicted octanol–water partition coefficient (Wildman–Crippen LogP) is 5.37. The first-order valence-corrected chi connectivity index (χ1v) is 10.7. The number of alkyl halides is 3. The van der Waals surface area contributed by atoms with Crippen LogP contribution in [0.15, 0.2) is 48.5 Å². The number of ether oxygens (including phenoxy) is 3. The third-order valence-electron chi connectivity index (χ3n) is 6.18. The molecule has 0 unspecified atom stereocenters. The fourth-order valence-electron chi connectivity index (χ4n) is 4.81. The fraction of sp³-hybridized carbons (Fsp3) is 0.500. The van der Waals surface area contributed by atoms with Gasteiger partial charge in [0.25, 0.3) is 0 Å². The molecule has 1 saturated carbocycles. The Kier molecular flexibility index (Phi) is 6.72. The van der Waals surface area contributed by atoms with Crippen LogP contribution in [-0.4, -0.2) is 38.0 Å². The SMILES string of the molecule is COCOc1cc(C(F)(F)F)ccc1O[C@@H]1[C@@H]2CCC[C@H]1CN(Cc1ccccc1)C2. The van der Waals surface area contributed by atoms with E-state index in [1.807, 2.05) is 6.07 Å². The average molecular weight is 435 g/mol. The fourth-order valence-corrected chi connectivity index (χ4v) is 4.81. The van der Waals surface area contributed by atoms with Crippen molar-refractivity contribution >= 4 is 0 Å². The molecule has 0 amide bonds. The number of benzene rings is 2. The zero-order chi connectivity index (χ0) is 21.8. The normalized spacial score (nSPS) is 24.1. The molecule has 2 fully saturated rings. The summed E-state index contributed by atoms with van der Waals surface area (Å²) in [6, 6.07) is 13.8. The molecule has 31 heavy (non-hydrogen) atoms. The molecule has 2 aromatic carbocycles. The highest BCUT2D eigenvalue weighted by atomic mass is 19.4. The van der Waals surface area contributed by atoms with Crippen molar-refractivity contribution in [2.45, 2.75) is 38.1 Å². The van der Waals surface area contributed by atoms with Gasteiger partial charge in [0, 0.05) is 38.6 Å². The Morgan fingerprint density at radius 3 is 2.32 bits per heavy atom. The second-order valence-electron chi connectivity index (χ2n) is 8.42. The summed E-state index contributed by atoms with van der Waals surface area (Å²) in [4.78, 5) is 2.47. The van der Waals surface area contributed by atoms with Gasteiger partial charge in [-0.1, -0.05) is 36.8 Å². The first kappa shape index (κ1) is 22.0. The molecule has 1 aliphatic carbocycles. The van der Waals surface area contributed by atoms with Gasteiger partial charge in [-0.3, -0.25) is 4.90 Å². The highest BCUT2D eigenvalue weighted by molar-refractivity contribution is 5.44. The maximum absolute atomic E-state index is 13.2. The van der Waals surface area contributed by atoms with Crippen LogP contribution in [0.25, 0.3) is 0 Å². The molecule has 1 saturated heterocycles. The van der Waals surface area contributed by atoms with E-state index < -0.39 is 11.7 Å². The van der Waals surface area contributed by atoms with E-state index in [4.69, 9.17) is 14.2 Å². The highest BCUT2D eigenvalue weighted by Gasteiger charge is 2.41. The molecule has 0 radical (unpaired) electrons. The number of hydrogen-bond donors (Lipinski definition) is 0. The van der Waals surface area contributed by atoms with Crippen LogP contribution in [0.3, 0.4) is 0 Å². The number of methoxy groups -OCH3 is 1. The maximum Gasteiger partial charge on any atom is 0.416 e. The number of fused-ring (bicyclic) bond motifs is 2. The van der Waals surface area contributed by atoms with Crippen molar-refractivity contribution in [3.63, 3.8) is 0 Å². The molecule has 2 bridgehead atoms. The molecule has 4 rings (SSSR count). The molecule has 2 aromatic rings. The largest absolute Gasteiger partial charge is 0.486 e. The van der Waals surface area contributed by atoms with E-state index in [1.165, 1.54) is 18.7 Å². The second kappa shape index (κ2) is 9.49. The summed E-state index contributed by atoms with van der Waals surface area (Å²) in [5.41, 5.74) is 0.529. The van der Waals surface area contributed by atoms with Crippen LogP contribution in [0.1, 0.15) is 30.4 Å². The zero-order valence-corrected chi connectivity index (χ0v) is 17.6. The molecule has 0 spiro atoms. The summed E-state index contributed by atoms with van der Waals surface area (Å²) in [6.07, 6.45) is -1.19. The van der Waals surface area contributed by atoms with Gasteiger partial charge in [0.05, 0.1) is 5.56 Å². The zero-order valence-electron chi connectivity index (χ0n) is 17.6. The average Bonchev–Trinajstić information content (AvgIpc) is 2.73. The Hall–Kier alpha value is -2.25. The van der Waals surface area contributed by atoms with Crippen LogP contribution < -0.4 is 9.47 Å². The highest BCUT2D eigenvalue weighted by Crippen LogP contribution is 2.42. The summed E-state index contributed by atoms with van der Waals surface area (Å²) in [5, 5.41) is 0. The quantitative estimate of drug-likeness (QED) is 0.548. The molecule has 168 valence electrons. The summed E-state index contributed by atoms with van der Waals surface area (Å²) < 4.78 is 56.1. The topological polar surface area (TPSA) is 30.9 Å². The summed E-state index contributed by atoms with van der Waals surface area (Å²) in [5.74, 6) is 1.10. The van der Waals surface area contributed by atoms with Gasteiger partial charge < -0.3 is 14.2 Å². The van der Waals surface area contributed by atoms with Gasteiger partial charge in [-0.05, 0) is 36.6 Å². The molecular weight excluding hydrogens is 407 g/mol. The van der Waals surface area contributed by atoms with E-state index in [2.05, 4.69) is 29.2 Å². The monoisotopic (exact) mass is 435 g/mol. The van der Waals surface area contributed by atoms with Gasteiger partial charge in [-0.2, -0.15) is 13.2 Å². The minimum Gasteiger partial charge on any atom is -0.486 e. The van der Waals surface area contributed by atoms with Crippen molar-refractivity contribution in [2.75, 3.05) is 27.0 Å². The van der Waals surface area contributed by atoms with Crippen LogP contribution in [0.4, 0.5) is 13.2 Å². The lowest BCUT2D eigenvalue weighted by atomic mass is 9.75. The maximum atomic E-state index is 13.2. The summed E-state index contributed by atoms with van der Waals surface area (Å²) in [6.45, 7) is 2.61. The van der Waals surface area contributed by atoms with Gasteiger partial charge in [0.2, 0.25) is 0 Å². The number of nitrogens with zero attached hydrogens (tertiary/aromatic N) is 1. The molecule has 1 heterocycles. The van der Waals surface area contributed by atoms with Gasteiger partial charge in [-0.25, -0.2) is 0 Å². The van der Waals surface area contributed by atoms with Crippen molar-refractivity contribution in [1.29, 1.82) is 0 Å². The van der Waals surface area contributed by atoms with Crippen LogP contribution in [0.2, 0.25) is 0 Å². The minimum atomic E-state index is -4.44. The van der Waals surface area contributed by atoms with E-state index >= 15 is 0 Å². The number of halogens is 3. The predicted molar refractivity (Wildman–Crippen MR) is 111 cm³/mol. The summed E-state index contributed by atoms with van der Waals surface area (Å²) in [7, 11) is 1.43. The number of hydrogen-bond acceptors (Lipinski definition) is 4. The van der Waals surface area contributed by atoms with Crippen LogP contribution in [0.5, 0.6) is 11.5 Å². The third kappa shape index (κ3) is 5.33. The van der Waals surface area contributed by atoms with Crippen LogP contribution in [-0.2, 0) is 17.5 Å². The minimum absolute atomic E-state index is 0.0256. The van der Waals surface area contributed by atoms with Crippen molar-refractivity contribution in [3.05, 3.63) is 59.7 Å². The van der Waals surface area contributed by atoms with E-state index in [9.17, 15) is 13.2 Å². The Morgan fingerprint density at radius 1 is 0.968 bits per heavy atom. The molecule has 1 aliphatic heterocycles. The Balaban J connectivity index is 1.50. The molecule has 3 atom stereocenters. The Bertz CT molecular complexity index is 845. The first-order chi connectivity index (χ1) is 14.9. The molecule has 0 aromatic heterocycles. The Labute approximate surface area is 180 Å². The first-order valence-electron chi connectivity index (χ1n) is 10.7. The van der Waals surface area contributed by atoms with E-state index in [-0.39, 0.29) is 18.6 Å². The number of likely N-dealkylation sites (tertiary alicyclic amines) is 1. The van der Waals surface area contributed by atoms with E-state index in [1.54, 1.807) is 0 Å². The summed E-state index contributed by atoms with van der Waals surface area (Å²) >= 11 is 0. The molecule has 7 heteroatoms. The van der Waals surface area contributed by atoms with Gasteiger partial charge in [-0.15, -0.1) is 0 Å². The van der Waals surface area contributed by atoms with E-state index in [0.717, 1.165) is 51.0 Å². The van der Waals surface area contributed by atoms with Crippen molar-refractivity contribution in [1.82, 2.24) is 4.90 Å².